The lowest BCUT2D eigenvalue weighted by Gasteiger charge is -2.17. The minimum absolute atomic E-state index is 0.191. The topological polar surface area (TPSA) is 55.8 Å². The maximum atomic E-state index is 12.7. The van der Waals surface area contributed by atoms with Crippen molar-refractivity contribution >= 4 is 18.0 Å². The minimum atomic E-state index is -0.427. The van der Waals surface area contributed by atoms with Gasteiger partial charge in [0.15, 0.2) is 5.76 Å². The Balaban J connectivity index is 1.51. The van der Waals surface area contributed by atoms with Gasteiger partial charge in [0.1, 0.15) is 11.5 Å². The molecule has 0 bridgehead atoms. The number of allylic oxidation sites excluding steroid dienone is 1. The first-order valence-corrected chi connectivity index (χ1v) is 10.3. The van der Waals surface area contributed by atoms with Gasteiger partial charge >= 0.3 is 6.09 Å². The molecule has 1 aliphatic rings. The molecule has 0 aliphatic carbocycles. The monoisotopic (exact) mass is 413 g/mol. The van der Waals surface area contributed by atoms with E-state index < -0.39 is 6.09 Å². The molecular weight excluding hydrogens is 390 g/mol. The highest BCUT2D eigenvalue weighted by Gasteiger charge is 2.28. The number of fused-ring (bicyclic) bond motifs is 1. The maximum absolute atomic E-state index is 12.7. The molecule has 31 heavy (non-hydrogen) atoms. The number of amides is 1. The molecule has 1 aliphatic heterocycles. The molecule has 0 unspecified atom stereocenters. The summed E-state index contributed by atoms with van der Waals surface area (Å²) in [7, 11) is 0. The first kappa shape index (κ1) is 20.4. The number of nitrogens with zero attached hydrogens (tertiary/aromatic N) is 1. The Morgan fingerprint density at radius 3 is 2.29 bits per heavy atom. The molecule has 0 spiro atoms. The Kier molecular flexibility index (Phi) is 5.85. The van der Waals surface area contributed by atoms with E-state index in [1.54, 1.807) is 29.2 Å². The molecule has 0 radical (unpaired) electrons. The fourth-order valence-corrected chi connectivity index (χ4v) is 3.43. The van der Waals surface area contributed by atoms with E-state index in [0.29, 0.717) is 30.2 Å². The molecule has 4 rings (SSSR count). The van der Waals surface area contributed by atoms with E-state index in [1.165, 1.54) is 0 Å². The van der Waals surface area contributed by atoms with Gasteiger partial charge < -0.3 is 14.4 Å². The van der Waals surface area contributed by atoms with Gasteiger partial charge in [-0.25, -0.2) is 4.79 Å². The summed E-state index contributed by atoms with van der Waals surface area (Å²) in [4.78, 5) is 26.4. The molecule has 0 saturated carbocycles. The molecular formula is C26H23NO4. The van der Waals surface area contributed by atoms with Crippen LogP contribution in [-0.4, -0.2) is 29.9 Å². The molecule has 5 heteroatoms. The van der Waals surface area contributed by atoms with Crippen molar-refractivity contribution in [3.63, 3.8) is 0 Å². The van der Waals surface area contributed by atoms with Crippen LogP contribution >= 0.6 is 0 Å². The van der Waals surface area contributed by atoms with Crippen LogP contribution in [0.25, 0.3) is 17.2 Å². The molecule has 0 aromatic heterocycles. The first-order valence-electron chi connectivity index (χ1n) is 10.3. The Bertz CT molecular complexity index is 1130. The van der Waals surface area contributed by atoms with Crippen molar-refractivity contribution in [2.24, 2.45) is 0 Å². The van der Waals surface area contributed by atoms with Crippen LogP contribution in [0, 0.1) is 0 Å². The summed E-state index contributed by atoms with van der Waals surface area (Å²) < 4.78 is 11.2. The Hall–Kier alpha value is -3.86. The molecule has 3 aromatic carbocycles. The summed E-state index contributed by atoms with van der Waals surface area (Å²) in [6.45, 7) is 4.90. The molecule has 3 aromatic rings. The van der Waals surface area contributed by atoms with Crippen LogP contribution in [-0.2, 0) is 0 Å². The minimum Gasteiger partial charge on any atom is -0.452 e. The Labute approximate surface area is 181 Å². The van der Waals surface area contributed by atoms with Crippen LogP contribution in [0.4, 0.5) is 4.79 Å². The number of carbonyl (C=O) groups is 2. The highest BCUT2D eigenvalue weighted by molar-refractivity contribution is 6.14. The molecule has 0 saturated heterocycles. The molecule has 0 N–H and O–H groups in total. The third kappa shape index (κ3) is 4.36. The number of ketones is 1. The molecule has 1 amide bonds. The Morgan fingerprint density at radius 2 is 1.61 bits per heavy atom. The molecule has 156 valence electrons. The third-order valence-electron chi connectivity index (χ3n) is 5.18. The Morgan fingerprint density at radius 1 is 0.935 bits per heavy atom. The van der Waals surface area contributed by atoms with Crippen LogP contribution in [0.2, 0.25) is 0 Å². The van der Waals surface area contributed by atoms with Crippen molar-refractivity contribution in [2.75, 3.05) is 13.1 Å². The van der Waals surface area contributed by atoms with Gasteiger partial charge in [0, 0.05) is 19.2 Å². The third-order valence-corrected chi connectivity index (χ3v) is 5.18. The van der Waals surface area contributed by atoms with Gasteiger partial charge in [-0.05, 0) is 48.7 Å². The number of Topliss-reactive ketones (excluding diaryl/α,β-unsaturated/α-hetero) is 1. The lowest BCUT2D eigenvalue weighted by molar-refractivity contribution is 0.101. The van der Waals surface area contributed by atoms with Crippen molar-refractivity contribution in [2.45, 2.75) is 13.8 Å². The second-order valence-electron chi connectivity index (χ2n) is 7.13. The van der Waals surface area contributed by atoms with E-state index in [2.05, 4.69) is 12.1 Å². The fraction of sp³-hybridized carbons (Fsp3) is 0.154. The maximum Gasteiger partial charge on any atom is 0.415 e. The predicted octanol–water partition coefficient (Wildman–Crippen LogP) is 5.81. The number of rotatable bonds is 5. The summed E-state index contributed by atoms with van der Waals surface area (Å²) >= 11 is 0. The van der Waals surface area contributed by atoms with E-state index >= 15 is 0 Å². The van der Waals surface area contributed by atoms with Gasteiger partial charge in [0.2, 0.25) is 5.78 Å². The SMILES string of the molecule is CCN(CC)C(=O)Oc1ccc2c(c1)O/C(=C\c1ccc(-c3ccccc3)cc1)C2=O. The average molecular weight is 413 g/mol. The molecule has 0 atom stereocenters. The van der Waals surface area contributed by atoms with Crippen molar-refractivity contribution in [1.82, 2.24) is 4.90 Å². The zero-order valence-electron chi connectivity index (χ0n) is 17.5. The largest absolute Gasteiger partial charge is 0.452 e. The van der Waals surface area contributed by atoms with Gasteiger partial charge in [-0.15, -0.1) is 0 Å². The fourth-order valence-electron chi connectivity index (χ4n) is 3.43. The highest BCUT2D eigenvalue weighted by Crippen LogP contribution is 2.35. The van der Waals surface area contributed by atoms with Gasteiger partial charge in [-0.2, -0.15) is 0 Å². The number of benzene rings is 3. The van der Waals surface area contributed by atoms with Crippen molar-refractivity contribution < 1.29 is 19.1 Å². The summed E-state index contributed by atoms with van der Waals surface area (Å²) in [5.74, 6) is 0.789. The normalized spacial score (nSPS) is 13.6. The standard InChI is InChI=1S/C26H23NO4/c1-3-27(4-2)26(29)30-21-14-15-22-23(17-21)31-24(25(22)28)16-18-10-12-20(13-11-18)19-8-6-5-7-9-19/h5-17H,3-4H2,1-2H3/b24-16-. The average Bonchev–Trinajstić information content (AvgIpc) is 3.10. The zero-order valence-corrected chi connectivity index (χ0v) is 17.5. The predicted molar refractivity (Wildman–Crippen MR) is 120 cm³/mol. The van der Waals surface area contributed by atoms with E-state index in [4.69, 9.17) is 9.47 Å². The van der Waals surface area contributed by atoms with E-state index in [9.17, 15) is 9.59 Å². The summed E-state index contributed by atoms with van der Waals surface area (Å²) in [5, 5.41) is 0. The lowest BCUT2D eigenvalue weighted by Crippen LogP contribution is -2.33. The van der Waals surface area contributed by atoms with Gasteiger partial charge in [0.25, 0.3) is 0 Å². The van der Waals surface area contributed by atoms with Crippen molar-refractivity contribution in [3.05, 3.63) is 89.7 Å². The number of carbonyl (C=O) groups excluding carboxylic acids is 2. The van der Waals surface area contributed by atoms with Crippen LogP contribution < -0.4 is 9.47 Å². The van der Waals surface area contributed by atoms with Crippen molar-refractivity contribution in [3.8, 4) is 22.6 Å². The first-order chi connectivity index (χ1) is 15.1. The second kappa shape index (κ2) is 8.88. The summed E-state index contributed by atoms with van der Waals surface area (Å²) in [5.41, 5.74) is 3.55. The van der Waals surface area contributed by atoms with Gasteiger partial charge in [-0.1, -0.05) is 54.6 Å². The zero-order chi connectivity index (χ0) is 21.8. The highest BCUT2D eigenvalue weighted by atomic mass is 16.6. The molecule has 0 fully saturated rings. The van der Waals surface area contributed by atoms with Crippen LogP contribution in [0.15, 0.2) is 78.6 Å². The van der Waals surface area contributed by atoms with Crippen LogP contribution in [0.3, 0.4) is 0 Å². The molecule has 5 nitrogen and oxygen atoms in total. The quantitative estimate of drug-likeness (QED) is 0.495. The molecule has 1 heterocycles. The van der Waals surface area contributed by atoms with Crippen LogP contribution in [0.1, 0.15) is 29.8 Å². The smallest absolute Gasteiger partial charge is 0.415 e. The number of hydrogen-bond acceptors (Lipinski definition) is 4. The summed E-state index contributed by atoms with van der Waals surface area (Å²) in [6.07, 6.45) is 1.29. The lowest BCUT2D eigenvalue weighted by atomic mass is 10.0. The van der Waals surface area contributed by atoms with E-state index in [1.807, 2.05) is 56.3 Å². The number of hydrogen-bond donors (Lipinski definition) is 0. The van der Waals surface area contributed by atoms with E-state index in [0.717, 1.165) is 16.7 Å². The van der Waals surface area contributed by atoms with Gasteiger partial charge in [-0.3, -0.25) is 4.79 Å². The second-order valence-corrected chi connectivity index (χ2v) is 7.13. The number of ether oxygens (including phenoxy) is 2. The van der Waals surface area contributed by atoms with Crippen molar-refractivity contribution in [1.29, 1.82) is 0 Å². The van der Waals surface area contributed by atoms with Crippen LogP contribution in [0.5, 0.6) is 11.5 Å². The van der Waals surface area contributed by atoms with E-state index in [-0.39, 0.29) is 11.5 Å². The van der Waals surface area contributed by atoms with Gasteiger partial charge in [0.05, 0.1) is 5.56 Å². The summed E-state index contributed by atoms with van der Waals surface area (Å²) in [6, 6.07) is 22.8.